The first-order valence-corrected chi connectivity index (χ1v) is 6.30. The molecule has 14 heavy (non-hydrogen) atoms. The molecule has 4 nitrogen and oxygen atoms in total. The van der Waals surface area contributed by atoms with Crippen molar-refractivity contribution >= 4 is 23.1 Å². The second kappa shape index (κ2) is 7.17. The average Bonchev–Trinajstić information content (AvgIpc) is 2.65. The Hall–Kier alpha value is -0.170. The highest BCUT2D eigenvalue weighted by molar-refractivity contribution is 8.01. The summed E-state index contributed by atoms with van der Waals surface area (Å²) in [5, 5.41) is 11.1. The van der Waals surface area contributed by atoms with Crippen LogP contribution in [0.4, 0.5) is 0 Å². The Balaban J connectivity index is 1.99. The van der Waals surface area contributed by atoms with E-state index >= 15 is 0 Å². The number of ether oxygens (including phenoxy) is 1. The van der Waals surface area contributed by atoms with Crippen molar-refractivity contribution < 1.29 is 4.74 Å². The summed E-state index contributed by atoms with van der Waals surface area (Å²) >= 11 is 3.31. The summed E-state index contributed by atoms with van der Waals surface area (Å²) in [5.41, 5.74) is 1.75. The molecule has 1 aromatic rings. The number of hydrogen-bond acceptors (Lipinski definition) is 6. The molecule has 0 aliphatic heterocycles. The van der Waals surface area contributed by atoms with Crippen molar-refractivity contribution in [3.63, 3.8) is 0 Å². The molecule has 6 heteroatoms. The van der Waals surface area contributed by atoms with Crippen molar-refractivity contribution in [3.05, 3.63) is 5.51 Å². The van der Waals surface area contributed by atoms with E-state index in [0.29, 0.717) is 6.04 Å². The highest BCUT2D eigenvalue weighted by Gasteiger charge is 2.00. The molecular formula is C8H15N3OS2. The number of nitrogens with one attached hydrogen (secondary N) is 1. The van der Waals surface area contributed by atoms with E-state index in [1.54, 1.807) is 35.7 Å². The molecule has 0 spiro atoms. The maximum Gasteiger partial charge on any atom is 0.174 e. The number of aromatic nitrogens is 2. The zero-order chi connectivity index (χ0) is 10.2. The molecule has 0 radical (unpaired) electrons. The minimum Gasteiger partial charge on any atom is -0.383 e. The summed E-state index contributed by atoms with van der Waals surface area (Å²) in [6.07, 6.45) is 0. The van der Waals surface area contributed by atoms with Crippen LogP contribution in [0.5, 0.6) is 0 Å². The van der Waals surface area contributed by atoms with Gasteiger partial charge in [0.25, 0.3) is 0 Å². The summed E-state index contributed by atoms with van der Waals surface area (Å²) in [7, 11) is 1.72. The first-order chi connectivity index (χ1) is 6.83. The van der Waals surface area contributed by atoms with Gasteiger partial charge >= 0.3 is 0 Å². The summed E-state index contributed by atoms with van der Waals surface area (Å²) in [6, 6.07) is 0.412. The Morgan fingerprint density at radius 1 is 1.71 bits per heavy atom. The third-order valence-corrected chi connectivity index (χ3v) is 3.44. The van der Waals surface area contributed by atoms with Crippen LogP contribution in [0.15, 0.2) is 9.85 Å². The smallest absolute Gasteiger partial charge is 0.174 e. The molecular weight excluding hydrogens is 218 g/mol. The van der Waals surface area contributed by atoms with Crippen molar-refractivity contribution in [1.29, 1.82) is 0 Å². The van der Waals surface area contributed by atoms with E-state index in [1.807, 2.05) is 0 Å². The lowest BCUT2D eigenvalue weighted by molar-refractivity contribution is 0.173. The zero-order valence-corrected chi connectivity index (χ0v) is 10.0. The van der Waals surface area contributed by atoms with Gasteiger partial charge in [-0.05, 0) is 6.92 Å². The minimum atomic E-state index is 0.412. The quantitative estimate of drug-likeness (QED) is 0.567. The van der Waals surface area contributed by atoms with E-state index in [2.05, 4.69) is 22.4 Å². The van der Waals surface area contributed by atoms with Crippen LogP contribution in [0.2, 0.25) is 0 Å². The van der Waals surface area contributed by atoms with Crippen LogP contribution in [-0.4, -0.2) is 42.3 Å². The normalized spacial score (nSPS) is 13.0. The van der Waals surface area contributed by atoms with E-state index in [1.165, 1.54) is 0 Å². The minimum absolute atomic E-state index is 0.412. The Morgan fingerprint density at radius 3 is 3.21 bits per heavy atom. The largest absolute Gasteiger partial charge is 0.383 e. The molecule has 0 amide bonds. The number of nitrogens with zero attached hydrogens (tertiary/aromatic N) is 2. The molecule has 0 aliphatic carbocycles. The molecule has 1 atom stereocenters. The molecule has 1 unspecified atom stereocenters. The standard InChI is InChI=1S/C8H15N3OS2/c1-7(5-12-2)9-3-4-13-8-11-10-6-14-8/h6-7,9H,3-5H2,1-2H3. The SMILES string of the molecule is COCC(C)NCCSc1nncs1. The predicted octanol–water partition coefficient (Wildman–Crippen LogP) is 1.25. The number of thioether (sulfide) groups is 1. The lowest BCUT2D eigenvalue weighted by atomic mass is 10.4. The van der Waals surface area contributed by atoms with Gasteiger partial charge in [0.1, 0.15) is 5.51 Å². The van der Waals surface area contributed by atoms with Crippen LogP contribution in [0.1, 0.15) is 6.92 Å². The van der Waals surface area contributed by atoms with E-state index in [9.17, 15) is 0 Å². The summed E-state index contributed by atoms with van der Waals surface area (Å²) in [5.74, 6) is 1.02. The van der Waals surface area contributed by atoms with Crippen LogP contribution in [0.25, 0.3) is 0 Å². The molecule has 0 saturated carbocycles. The molecule has 0 saturated heterocycles. The van der Waals surface area contributed by atoms with Gasteiger partial charge in [-0.3, -0.25) is 0 Å². The van der Waals surface area contributed by atoms with Gasteiger partial charge in [0.2, 0.25) is 0 Å². The van der Waals surface area contributed by atoms with Crippen molar-refractivity contribution in [1.82, 2.24) is 15.5 Å². The van der Waals surface area contributed by atoms with Gasteiger partial charge in [-0.1, -0.05) is 23.1 Å². The van der Waals surface area contributed by atoms with Gasteiger partial charge in [-0.2, -0.15) is 0 Å². The van der Waals surface area contributed by atoms with Gasteiger partial charge in [0.05, 0.1) is 6.61 Å². The second-order valence-electron chi connectivity index (χ2n) is 2.86. The number of methoxy groups -OCH3 is 1. The summed E-state index contributed by atoms with van der Waals surface area (Å²) < 4.78 is 6.05. The first kappa shape index (κ1) is 11.9. The van der Waals surface area contributed by atoms with E-state index in [0.717, 1.165) is 23.2 Å². The molecule has 1 heterocycles. The molecule has 1 N–H and O–H groups in total. The molecule has 0 fully saturated rings. The van der Waals surface area contributed by atoms with Gasteiger partial charge in [-0.15, -0.1) is 10.2 Å². The Kier molecular flexibility index (Phi) is 6.09. The fourth-order valence-electron chi connectivity index (χ4n) is 0.978. The monoisotopic (exact) mass is 233 g/mol. The molecule has 0 aliphatic rings. The Labute approximate surface area is 92.5 Å². The topological polar surface area (TPSA) is 47.0 Å². The third-order valence-electron chi connectivity index (χ3n) is 1.58. The maximum atomic E-state index is 5.02. The van der Waals surface area contributed by atoms with Crippen molar-refractivity contribution in [2.75, 3.05) is 26.0 Å². The van der Waals surface area contributed by atoms with Crippen molar-refractivity contribution in [2.24, 2.45) is 0 Å². The van der Waals surface area contributed by atoms with Gasteiger partial charge in [0, 0.05) is 25.4 Å². The first-order valence-electron chi connectivity index (χ1n) is 4.44. The van der Waals surface area contributed by atoms with Crippen LogP contribution < -0.4 is 5.32 Å². The predicted molar refractivity (Wildman–Crippen MR) is 60.0 cm³/mol. The molecule has 0 aromatic carbocycles. The third kappa shape index (κ3) is 4.90. The van der Waals surface area contributed by atoms with Crippen LogP contribution in [-0.2, 0) is 4.74 Å². The maximum absolute atomic E-state index is 5.02. The number of hydrogen-bond donors (Lipinski definition) is 1. The molecule has 0 bridgehead atoms. The van der Waals surface area contributed by atoms with Gasteiger partial charge < -0.3 is 10.1 Å². The molecule has 1 aromatic heterocycles. The van der Waals surface area contributed by atoms with E-state index in [-0.39, 0.29) is 0 Å². The van der Waals surface area contributed by atoms with Crippen LogP contribution >= 0.6 is 23.1 Å². The zero-order valence-electron chi connectivity index (χ0n) is 8.40. The van der Waals surface area contributed by atoms with Crippen LogP contribution in [0, 0.1) is 0 Å². The van der Waals surface area contributed by atoms with Crippen molar-refractivity contribution in [3.8, 4) is 0 Å². The lowest BCUT2D eigenvalue weighted by Gasteiger charge is -2.11. The fourth-order valence-corrected chi connectivity index (χ4v) is 2.41. The Bertz CT molecular complexity index is 231. The summed E-state index contributed by atoms with van der Waals surface area (Å²) in [4.78, 5) is 0. The van der Waals surface area contributed by atoms with Crippen LogP contribution in [0.3, 0.4) is 0 Å². The van der Waals surface area contributed by atoms with E-state index in [4.69, 9.17) is 4.74 Å². The number of rotatable bonds is 7. The average molecular weight is 233 g/mol. The fraction of sp³-hybridized carbons (Fsp3) is 0.750. The van der Waals surface area contributed by atoms with Crippen molar-refractivity contribution in [2.45, 2.75) is 17.3 Å². The van der Waals surface area contributed by atoms with Gasteiger partial charge in [0.15, 0.2) is 4.34 Å². The molecule has 1 rings (SSSR count). The van der Waals surface area contributed by atoms with E-state index < -0.39 is 0 Å². The lowest BCUT2D eigenvalue weighted by Crippen LogP contribution is -2.31. The highest BCUT2D eigenvalue weighted by atomic mass is 32.2. The highest BCUT2D eigenvalue weighted by Crippen LogP contribution is 2.17. The van der Waals surface area contributed by atoms with Gasteiger partial charge in [-0.25, -0.2) is 0 Å². The molecule has 80 valence electrons. The second-order valence-corrected chi connectivity index (χ2v) is 5.04. The summed E-state index contributed by atoms with van der Waals surface area (Å²) in [6.45, 7) is 3.83. The Morgan fingerprint density at radius 2 is 2.57 bits per heavy atom.